The van der Waals surface area contributed by atoms with E-state index in [0.717, 1.165) is 46.7 Å². The molecule has 0 saturated heterocycles. The molecular formula is C23H24N4O2. The zero-order chi connectivity index (χ0) is 19.7. The summed E-state index contributed by atoms with van der Waals surface area (Å²) in [4.78, 5) is 4.89. The average molecular weight is 388 g/mol. The second-order valence-electron chi connectivity index (χ2n) is 7.71. The summed E-state index contributed by atoms with van der Waals surface area (Å²) in [5.41, 5.74) is 2.21. The average Bonchev–Trinajstić information content (AvgIpc) is 3.22. The minimum atomic E-state index is -0.193. The molecule has 1 aliphatic carbocycles. The van der Waals surface area contributed by atoms with E-state index < -0.39 is 0 Å². The van der Waals surface area contributed by atoms with E-state index >= 15 is 0 Å². The molecule has 6 nitrogen and oxygen atoms in total. The lowest BCUT2D eigenvalue weighted by Crippen LogP contribution is -2.40. The van der Waals surface area contributed by atoms with Gasteiger partial charge in [-0.25, -0.2) is 4.98 Å². The van der Waals surface area contributed by atoms with Crippen LogP contribution < -0.4 is 4.74 Å². The standard InChI is InChI=1S/C23H24N4O2/c1-28-23(13-4-2-5-14-23)16-29-19-9-7-8-17-11-12-18(24-21(17)19)22-26-25-20-10-3-6-15-27(20)22/h3,6-12,15H,2,4-5,13-14,16H2,1H3. The van der Waals surface area contributed by atoms with Gasteiger partial charge in [0, 0.05) is 18.7 Å². The maximum absolute atomic E-state index is 6.28. The van der Waals surface area contributed by atoms with Crippen LogP contribution >= 0.6 is 0 Å². The summed E-state index contributed by atoms with van der Waals surface area (Å²) in [7, 11) is 1.80. The highest BCUT2D eigenvalue weighted by molar-refractivity contribution is 5.86. The highest BCUT2D eigenvalue weighted by Crippen LogP contribution is 2.33. The first-order valence-corrected chi connectivity index (χ1v) is 10.2. The van der Waals surface area contributed by atoms with Gasteiger partial charge in [-0.2, -0.15) is 0 Å². The normalized spacial score (nSPS) is 16.3. The van der Waals surface area contributed by atoms with Crippen molar-refractivity contribution in [2.75, 3.05) is 13.7 Å². The Balaban J connectivity index is 1.50. The second kappa shape index (κ2) is 7.44. The molecule has 0 atom stereocenters. The SMILES string of the molecule is COC1(COc2cccc3ccc(-c4nnc5ccccn45)nc23)CCCCC1. The van der Waals surface area contributed by atoms with Crippen LogP contribution in [0.2, 0.25) is 0 Å². The molecule has 6 heteroatoms. The Bertz CT molecular complexity index is 1150. The summed E-state index contributed by atoms with van der Waals surface area (Å²) in [5, 5.41) is 9.61. The Morgan fingerprint density at radius 3 is 2.72 bits per heavy atom. The van der Waals surface area contributed by atoms with E-state index in [4.69, 9.17) is 14.5 Å². The fourth-order valence-corrected chi connectivity index (χ4v) is 4.19. The summed E-state index contributed by atoms with van der Waals surface area (Å²) in [6.07, 6.45) is 7.68. The lowest BCUT2D eigenvalue weighted by molar-refractivity contribution is -0.0684. The van der Waals surface area contributed by atoms with Crippen LogP contribution in [0, 0.1) is 0 Å². The summed E-state index contributed by atoms with van der Waals surface area (Å²) < 4.78 is 14.1. The number of fused-ring (bicyclic) bond motifs is 2. The van der Waals surface area contributed by atoms with Crippen molar-refractivity contribution in [1.82, 2.24) is 19.6 Å². The van der Waals surface area contributed by atoms with Gasteiger partial charge in [0.05, 0.1) is 0 Å². The third-order valence-electron chi connectivity index (χ3n) is 5.91. The maximum atomic E-state index is 6.28. The van der Waals surface area contributed by atoms with Crippen LogP contribution in [0.4, 0.5) is 0 Å². The van der Waals surface area contributed by atoms with Crippen LogP contribution in [0.25, 0.3) is 28.1 Å². The first-order chi connectivity index (χ1) is 14.3. The Morgan fingerprint density at radius 2 is 1.86 bits per heavy atom. The quantitative estimate of drug-likeness (QED) is 0.497. The van der Waals surface area contributed by atoms with E-state index in [-0.39, 0.29) is 5.60 Å². The Kier molecular flexibility index (Phi) is 4.64. The van der Waals surface area contributed by atoms with Crippen LogP contribution in [-0.4, -0.2) is 38.9 Å². The van der Waals surface area contributed by atoms with E-state index in [0.29, 0.717) is 6.61 Å². The van der Waals surface area contributed by atoms with Crippen molar-refractivity contribution in [3.8, 4) is 17.3 Å². The fourth-order valence-electron chi connectivity index (χ4n) is 4.19. The van der Waals surface area contributed by atoms with Gasteiger partial charge < -0.3 is 9.47 Å². The molecule has 1 aliphatic rings. The molecule has 5 rings (SSSR count). The van der Waals surface area contributed by atoms with E-state index in [9.17, 15) is 0 Å². The topological polar surface area (TPSA) is 61.5 Å². The molecule has 29 heavy (non-hydrogen) atoms. The zero-order valence-electron chi connectivity index (χ0n) is 16.5. The number of ether oxygens (including phenoxy) is 2. The molecule has 3 aromatic heterocycles. The fraction of sp³-hybridized carbons (Fsp3) is 0.348. The molecule has 0 spiro atoms. The number of pyridine rings is 2. The molecule has 0 radical (unpaired) electrons. The lowest BCUT2D eigenvalue weighted by atomic mass is 9.85. The molecule has 0 unspecified atom stereocenters. The van der Waals surface area contributed by atoms with Crippen molar-refractivity contribution in [2.45, 2.75) is 37.7 Å². The first kappa shape index (κ1) is 18.1. The van der Waals surface area contributed by atoms with Crippen molar-refractivity contribution < 1.29 is 9.47 Å². The number of nitrogens with zero attached hydrogens (tertiary/aromatic N) is 4. The van der Waals surface area contributed by atoms with Gasteiger partial charge in [-0.1, -0.05) is 43.5 Å². The summed E-state index contributed by atoms with van der Waals surface area (Å²) in [5.74, 6) is 1.50. The Morgan fingerprint density at radius 1 is 0.966 bits per heavy atom. The van der Waals surface area contributed by atoms with Crippen molar-refractivity contribution in [2.24, 2.45) is 0 Å². The number of rotatable bonds is 5. The number of benzene rings is 1. The molecule has 148 valence electrons. The minimum Gasteiger partial charge on any atom is -0.488 e. The Hall–Kier alpha value is -2.99. The van der Waals surface area contributed by atoms with Gasteiger partial charge in [-0.3, -0.25) is 4.40 Å². The monoisotopic (exact) mass is 388 g/mol. The number of hydrogen-bond donors (Lipinski definition) is 0. The smallest absolute Gasteiger partial charge is 0.187 e. The molecule has 0 aliphatic heterocycles. The largest absolute Gasteiger partial charge is 0.488 e. The summed E-state index contributed by atoms with van der Waals surface area (Å²) >= 11 is 0. The number of methoxy groups -OCH3 is 1. The molecule has 0 N–H and O–H groups in total. The lowest BCUT2D eigenvalue weighted by Gasteiger charge is -2.35. The van der Waals surface area contributed by atoms with Crippen LogP contribution in [0.15, 0.2) is 54.7 Å². The Labute approximate surface area is 169 Å². The minimum absolute atomic E-state index is 0.193. The van der Waals surface area contributed by atoms with Gasteiger partial charge in [-0.15, -0.1) is 10.2 Å². The van der Waals surface area contributed by atoms with Crippen LogP contribution in [0.5, 0.6) is 5.75 Å². The second-order valence-corrected chi connectivity index (χ2v) is 7.71. The van der Waals surface area contributed by atoms with E-state index in [2.05, 4.69) is 16.3 Å². The van der Waals surface area contributed by atoms with Gasteiger partial charge in [0.2, 0.25) is 0 Å². The summed E-state index contributed by atoms with van der Waals surface area (Å²) in [6, 6.07) is 15.9. The van der Waals surface area contributed by atoms with Gasteiger partial charge in [0.25, 0.3) is 0 Å². The highest BCUT2D eigenvalue weighted by atomic mass is 16.5. The molecule has 4 aromatic rings. The van der Waals surface area contributed by atoms with Crippen molar-refractivity contribution in [1.29, 1.82) is 0 Å². The van der Waals surface area contributed by atoms with Gasteiger partial charge >= 0.3 is 0 Å². The molecular weight excluding hydrogens is 364 g/mol. The van der Waals surface area contributed by atoms with Gasteiger partial charge in [0.1, 0.15) is 29.2 Å². The maximum Gasteiger partial charge on any atom is 0.187 e. The van der Waals surface area contributed by atoms with Gasteiger partial charge in [0.15, 0.2) is 11.5 Å². The van der Waals surface area contributed by atoms with Crippen LogP contribution in [0.1, 0.15) is 32.1 Å². The third-order valence-corrected chi connectivity index (χ3v) is 5.91. The molecule has 3 heterocycles. The zero-order valence-corrected chi connectivity index (χ0v) is 16.5. The third kappa shape index (κ3) is 3.34. The highest BCUT2D eigenvalue weighted by Gasteiger charge is 2.33. The van der Waals surface area contributed by atoms with Crippen molar-refractivity contribution in [3.05, 3.63) is 54.7 Å². The number of aromatic nitrogens is 4. The number of para-hydroxylation sites is 1. The van der Waals surface area contributed by atoms with Crippen LogP contribution in [-0.2, 0) is 4.74 Å². The van der Waals surface area contributed by atoms with Gasteiger partial charge in [-0.05, 0) is 37.1 Å². The van der Waals surface area contributed by atoms with E-state index in [1.807, 2.05) is 53.1 Å². The molecule has 0 bridgehead atoms. The summed E-state index contributed by atoms with van der Waals surface area (Å²) in [6.45, 7) is 0.544. The van der Waals surface area contributed by atoms with Crippen molar-refractivity contribution >= 4 is 16.6 Å². The van der Waals surface area contributed by atoms with Crippen molar-refractivity contribution in [3.63, 3.8) is 0 Å². The first-order valence-electron chi connectivity index (χ1n) is 10.2. The molecule has 1 aromatic carbocycles. The molecule has 1 fully saturated rings. The van der Waals surface area contributed by atoms with E-state index in [1.54, 1.807) is 7.11 Å². The van der Waals surface area contributed by atoms with Crippen LogP contribution in [0.3, 0.4) is 0 Å². The predicted molar refractivity (Wildman–Crippen MR) is 112 cm³/mol. The number of hydrogen-bond acceptors (Lipinski definition) is 5. The van der Waals surface area contributed by atoms with E-state index in [1.165, 1.54) is 19.3 Å². The molecule has 0 amide bonds. The molecule has 1 saturated carbocycles. The predicted octanol–water partition coefficient (Wildman–Crippen LogP) is 4.67.